The number of amides is 1. The average Bonchev–Trinajstić information content (AvgIpc) is 2.87. The molecular weight excluding hydrogens is 410 g/mol. The molecule has 0 aromatic heterocycles. The fourth-order valence-corrected chi connectivity index (χ4v) is 3.64. The Balaban J connectivity index is 1.57. The Hall–Kier alpha value is -4.31. The molecule has 1 amide bonds. The number of phenolic OH excluding ortho intramolecular Hbond substituents is 1. The van der Waals surface area contributed by atoms with E-state index in [0.29, 0.717) is 17.9 Å². The van der Waals surface area contributed by atoms with Gasteiger partial charge in [0.1, 0.15) is 11.5 Å². The fraction of sp³-hybridized carbons (Fsp3) is 0.0690. The van der Waals surface area contributed by atoms with Crippen LogP contribution in [0.2, 0.25) is 0 Å². The van der Waals surface area contributed by atoms with Gasteiger partial charge < -0.3 is 15.2 Å². The van der Waals surface area contributed by atoms with Crippen molar-refractivity contribution in [2.45, 2.75) is 6.54 Å². The molecule has 0 atom stereocenters. The van der Waals surface area contributed by atoms with Crippen molar-refractivity contribution in [3.63, 3.8) is 0 Å². The molecule has 0 unspecified atom stereocenters. The lowest BCUT2D eigenvalue weighted by atomic mass is 9.94. The van der Waals surface area contributed by atoms with Crippen LogP contribution in [-0.4, -0.2) is 18.1 Å². The van der Waals surface area contributed by atoms with Crippen LogP contribution in [0.3, 0.4) is 0 Å². The highest BCUT2D eigenvalue weighted by Crippen LogP contribution is 2.29. The maximum atomic E-state index is 12.7. The third-order valence-electron chi connectivity index (χ3n) is 5.39. The Bertz CT molecular complexity index is 1280. The van der Waals surface area contributed by atoms with E-state index >= 15 is 0 Å². The van der Waals surface area contributed by atoms with E-state index in [4.69, 9.17) is 4.74 Å². The molecule has 4 heteroatoms. The SMILES string of the molecule is COc1cccc(C(=O)NCc2ccccc2-c2ccccc2C=Cc2ccc(O)cc2)c1. The molecule has 0 radical (unpaired) electrons. The quantitative estimate of drug-likeness (QED) is 0.341. The van der Waals surface area contributed by atoms with Gasteiger partial charge in [-0.15, -0.1) is 0 Å². The first-order valence-electron chi connectivity index (χ1n) is 10.7. The largest absolute Gasteiger partial charge is 0.508 e. The lowest BCUT2D eigenvalue weighted by molar-refractivity contribution is 0.0950. The first-order valence-corrected chi connectivity index (χ1v) is 10.7. The number of benzene rings is 4. The van der Waals surface area contributed by atoms with Crippen LogP contribution >= 0.6 is 0 Å². The zero-order chi connectivity index (χ0) is 23.0. The average molecular weight is 436 g/mol. The Morgan fingerprint density at radius 1 is 0.848 bits per heavy atom. The predicted molar refractivity (Wildman–Crippen MR) is 133 cm³/mol. The zero-order valence-corrected chi connectivity index (χ0v) is 18.4. The highest BCUT2D eigenvalue weighted by molar-refractivity contribution is 5.94. The smallest absolute Gasteiger partial charge is 0.251 e. The van der Waals surface area contributed by atoms with Crippen molar-refractivity contribution in [2.75, 3.05) is 7.11 Å². The summed E-state index contributed by atoms with van der Waals surface area (Å²) in [5.74, 6) is 0.749. The van der Waals surface area contributed by atoms with E-state index < -0.39 is 0 Å². The van der Waals surface area contributed by atoms with Crippen LogP contribution in [0.1, 0.15) is 27.0 Å². The minimum atomic E-state index is -0.149. The molecule has 0 saturated heterocycles. The van der Waals surface area contributed by atoms with Crippen LogP contribution in [0, 0.1) is 0 Å². The van der Waals surface area contributed by atoms with Gasteiger partial charge >= 0.3 is 0 Å². The van der Waals surface area contributed by atoms with E-state index in [1.165, 1.54) is 0 Å². The molecular formula is C29H25NO3. The summed E-state index contributed by atoms with van der Waals surface area (Å²) >= 11 is 0. The van der Waals surface area contributed by atoms with Crippen LogP contribution in [0.5, 0.6) is 11.5 Å². The van der Waals surface area contributed by atoms with Gasteiger partial charge in [0.05, 0.1) is 7.11 Å². The maximum absolute atomic E-state index is 12.7. The third-order valence-corrected chi connectivity index (χ3v) is 5.39. The molecule has 0 bridgehead atoms. The van der Waals surface area contributed by atoms with Gasteiger partial charge in [-0.25, -0.2) is 0 Å². The molecule has 4 nitrogen and oxygen atoms in total. The maximum Gasteiger partial charge on any atom is 0.251 e. The van der Waals surface area contributed by atoms with Gasteiger partial charge in [0.25, 0.3) is 5.91 Å². The number of ether oxygens (including phenoxy) is 1. The number of carbonyl (C=O) groups excluding carboxylic acids is 1. The molecule has 164 valence electrons. The zero-order valence-electron chi connectivity index (χ0n) is 18.4. The summed E-state index contributed by atoms with van der Waals surface area (Å²) in [5.41, 5.74) is 5.80. The second kappa shape index (κ2) is 10.3. The molecule has 33 heavy (non-hydrogen) atoms. The van der Waals surface area contributed by atoms with Crippen LogP contribution in [-0.2, 0) is 6.54 Å². The number of hydrogen-bond donors (Lipinski definition) is 2. The van der Waals surface area contributed by atoms with Crippen molar-refractivity contribution >= 4 is 18.1 Å². The van der Waals surface area contributed by atoms with Crippen molar-refractivity contribution < 1.29 is 14.6 Å². The summed E-state index contributed by atoms with van der Waals surface area (Å²) < 4.78 is 5.22. The first kappa shape index (κ1) is 21.9. The second-order valence-electron chi connectivity index (χ2n) is 7.58. The molecule has 0 fully saturated rings. The monoisotopic (exact) mass is 435 g/mol. The standard InChI is InChI=1S/C29H25NO3/c1-33-26-10-6-9-23(19-26)29(32)30-20-24-8-3-5-12-28(24)27-11-4-2-7-22(27)16-13-21-14-17-25(31)18-15-21/h2-19,31H,20H2,1H3,(H,30,32). The Kier molecular flexibility index (Phi) is 6.86. The predicted octanol–water partition coefficient (Wildman–Crippen LogP) is 6.17. The van der Waals surface area contributed by atoms with Crippen molar-refractivity contribution in [3.8, 4) is 22.6 Å². The van der Waals surface area contributed by atoms with Gasteiger partial charge in [0.15, 0.2) is 0 Å². The molecule has 0 aliphatic carbocycles. The van der Waals surface area contributed by atoms with Crippen LogP contribution in [0.25, 0.3) is 23.3 Å². The van der Waals surface area contributed by atoms with E-state index in [1.54, 1.807) is 37.4 Å². The molecule has 0 saturated carbocycles. The number of phenols is 1. The first-order chi connectivity index (χ1) is 16.1. The van der Waals surface area contributed by atoms with E-state index in [1.807, 2.05) is 54.6 Å². The third kappa shape index (κ3) is 5.49. The Morgan fingerprint density at radius 2 is 1.58 bits per heavy atom. The van der Waals surface area contributed by atoms with E-state index in [0.717, 1.165) is 27.8 Å². The summed E-state index contributed by atoms with van der Waals surface area (Å²) in [4.78, 5) is 12.7. The van der Waals surface area contributed by atoms with Gasteiger partial charge in [0.2, 0.25) is 0 Å². The van der Waals surface area contributed by atoms with Crippen LogP contribution in [0.15, 0.2) is 97.1 Å². The van der Waals surface area contributed by atoms with E-state index in [2.05, 4.69) is 29.6 Å². The molecule has 0 spiro atoms. The van der Waals surface area contributed by atoms with Gasteiger partial charge in [-0.3, -0.25) is 4.79 Å². The fourth-order valence-electron chi connectivity index (χ4n) is 3.64. The Labute approximate surface area is 193 Å². The van der Waals surface area contributed by atoms with E-state index in [9.17, 15) is 9.90 Å². The van der Waals surface area contributed by atoms with Crippen molar-refractivity contribution in [3.05, 3.63) is 119 Å². The molecule has 4 rings (SSSR count). The van der Waals surface area contributed by atoms with E-state index in [-0.39, 0.29) is 11.7 Å². The van der Waals surface area contributed by atoms with Crippen LogP contribution in [0.4, 0.5) is 0 Å². The van der Waals surface area contributed by atoms with Gasteiger partial charge in [-0.2, -0.15) is 0 Å². The van der Waals surface area contributed by atoms with Crippen molar-refractivity contribution in [1.82, 2.24) is 5.32 Å². The van der Waals surface area contributed by atoms with Gasteiger partial charge in [-0.05, 0) is 58.1 Å². The molecule has 4 aromatic rings. The summed E-state index contributed by atoms with van der Waals surface area (Å²) in [6, 6.07) is 30.5. The number of carbonyl (C=O) groups is 1. The molecule has 0 aliphatic rings. The minimum Gasteiger partial charge on any atom is -0.508 e. The summed E-state index contributed by atoms with van der Waals surface area (Å²) in [6.07, 6.45) is 4.08. The van der Waals surface area contributed by atoms with Gasteiger partial charge in [0, 0.05) is 12.1 Å². The molecule has 0 aliphatic heterocycles. The summed E-state index contributed by atoms with van der Waals surface area (Å²) in [7, 11) is 1.58. The van der Waals surface area contributed by atoms with Crippen molar-refractivity contribution in [2.24, 2.45) is 0 Å². The number of nitrogens with one attached hydrogen (secondary N) is 1. The van der Waals surface area contributed by atoms with Gasteiger partial charge in [-0.1, -0.05) is 78.9 Å². The lowest BCUT2D eigenvalue weighted by Crippen LogP contribution is -2.23. The van der Waals surface area contributed by atoms with Crippen LogP contribution < -0.4 is 10.1 Å². The Morgan fingerprint density at radius 3 is 2.36 bits per heavy atom. The lowest BCUT2D eigenvalue weighted by Gasteiger charge is -2.13. The number of aromatic hydroxyl groups is 1. The molecule has 0 heterocycles. The number of rotatable bonds is 7. The summed E-state index contributed by atoms with van der Waals surface area (Å²) in [5, 5.41) is 12.5. The molecule has 2 N–H and O–H groups in total. The number of methoxy groups -OCH3 is 1. The van der Waals surface area contributed by atoms with Crippen molar-refractivity contribution in [1.29, 1.82) is 0 Å². The highest BCUT2D eigenvalue weighted by Gasteiger charge is 2.11. The number of hydrogen-bond acceptors (Lipinski definition) is 3. The molecule has 4 aromatic carbocycles. The summed E-state index contributed by atoms with van der Waals surface area (Å²) in [6.45, 7) is 0.405. The topological polar surface area (TPSA) is 58.6 Å². The highest BCUT2D eigenvalue weighted by atomic mass is 16.5. The second-order valence-corrected chi connectivity index (χ2v) is 7.58. The normalized spacial score (nSPS) is 10.8. The minimum absolute atomic E-state index is 0.149.